The van der Waals surface area contributed by atoms with Crippen LogP contribution in [0.2, 0.25) is 0 Å². The monoisotopic (exact) mass is 172 g/mol. The van der Waals surface area contributed by atoms with Crippen LogP contribution in [0.15, 0.2) is 0 Å². The molecule has 0 radical (unpaired) electrons. The molecule has 3 heteroatoms. The van der Waals surface area contributed by atoms with E-state index in [0.717, 1.165) is 13.1 Å². The summed E-state index contributed by atoms with van der Waals surface area (Å²) in [6.45, 7) is 5.98. The molecule has 1 aliphatic rings. The fourth-order valence-corrected chi connectivity index (χ4v) is 1.05. The molecule has 1 heterocycles. The maximum absolute atomic E-state index is 11.1. The summed E-state index contributed by atoms with van der Waals surface area (Å²) in [5.41, 5.74) is 0. The average molecular weight is 172 g/mol. The standard InChI is InChI=1S/C8H16N2O.CH4/c1-6(2)3-8(11)10-7-4-9-5-7;/h6-7,9H,3-5H2,1-2H3,(H,10,11);1H4. The lowest BCUT2D eigenvalue weighted by Crippen LogP contribution is -2.57. The first kappa shape index (κ1) is 11.4. The van der Waals surface area contributed by atoms with Crippen LogP contribution in [0.3, 0.4) is 0 Å². The SMILES string of the molecule is C.CC(C)CC(=O)NC1CNC1. The molecule has 1 saturated heterocycles. The van der Waals surface area contributed by atoms with Crippen molar-refractivity contribution >= 4 is 5.91 Å². The Labute approximate surface area is 74.9 Å². The molecule has 1 rings (SSSR count). The van der Waals surface area contributed by atoms with Crippen LogP contribution in [0, 0.1) is 5.92 Å². The van der Waals surface area contributed by atoms with Gasteiger partial charge in [-0.25, -0.2) is 0 Å². The second kappa shape index (κ2) is 5.14. The van der Waals surface area contributed by atoms with Crippen LogP contribution in [0.5, 0.6) is 0 Å². The molecule has 0 aromatic carbocycles. The van der Waals surface area contributed by atoms with Crippen molar-refractivity contribution in [1.82, 2.24) is 10.6 Å². The van der Waals surface area contributed by atoms with E-state index in [0.29, 0.717) is 18.4 Å². The molecule has 0 spiro atoms. The Kier molecular flexibility index (Phi) is 4.90. The highest BCUT2D eigenvalue weighted by atomic mass is 16.1. The second-order valence-electron chi connectivity index (χ2n) is 3.52. The lowest BCUT2D eigenvalue weighted by molar-refractivity contribution is -0.122. The molecule has 12 heavy (non-hydrogen) atoms. The fourth-order valence-electron chi connectivity index (χ4n) is 1.05. The third-order valence-electron chi connectivity index (χ3n) is 1.74. The maximum atomic E-state index is 11.1. The van der Waals surface area contributed by atoms with E-state index in [1.807, 2.05) is 0 Å². The summed E-state index contributed by atoms with van der Waals surface area (Å²) in [7, 11) is 0. The number of amides is 1. The molecule has 1 fully saturated rings. The van der Waals surface area contributed by atoms with E-state index in [1.165, 1.54) is 0 Å². The summed E-state index contributed by atoms with van der Waals surface area (Å²) >= 11 is 0. The van der Waals surface area contributed by atoms with Gasteiger partial charge in [0.25, 0.3) is 0 Å². The van der Waals surface area contributed by atoms with Crippen LogP contribution in [0.25, 0.3) is 0 Å². The zero-order valence-electron chi connectivity index (χ0n) is 7.18. The molecule has 0 unspecified atom stereocenters. The predicted octanol–water partition coefficient (Wildman–Crippen LogP) is 0.757. The first-order valence-electron chi connectivity index (χ1n) is 4.18. The molecule has 0 aromatic rings. The van der Waals surface area contributed by atoms with E-state index in [2.05, 4.69) is 24.5 Å². The number of carbonyl (C=O) groups excluding carboxylic acids is 1. The van der Waals surface area contributed by atoms with Crippen molar-refractivity contribution in [1.29, 1.82) is 0 Å². The summed E-state index contributed by atoms with van der Waals surface area (Å²) < 4.78 is 0. The summed E-state index contributed by atoms with van der Waals surface area (Å²) in [5, 5.41) is 6.05. The highest BCUT2D eigenvalue weighted by molar-refractivity contribution is 5.76. The Balaban J connectivity index is 0.00000121. The Morgan fingerprint density at radius 3 is 2.50 bits per heavy atom. The minimum absolute atomic E-state index is 0. The third-order valence-corrected chi connectivity index (χ3v) is 1.74. The van der Waals surface area contributed by atoms with Gasteiger partial charge < -0.3 is 10.6 Å². The van der Waals surface area contributed by atoms with Crippen molar-refractivity contribution in [2.75, 3.05) is 13.1 Å². The van der Waals surface area contributed by atoms with Crippen LogP contribution in [-0.2, 0) is 4.79 Å². The van der Waals surface area contributed by atoms with E-state index in [1.54, 1.807) is 0 Å². The topological polar surface area (TPSA) is 41.1 Å². The van der Waals surface area contributed by atoms with Crippen molar-refractivity contribution in [3.05, 3.63) is 0 Å². The molecule has 1 aliphatic heterocycles. The van der Waals surface area contributed by atoms with Gasteiger partial charge in [-0.1, -0.05) is 21.3 Å². The Morgan fingerprint density at radius 1 is 1.58 bits per heavy atom. The maximum Gasteiger partial charge on any atom is 0.220 e. The molecule has 0 aromatic heterocycles. The predicted molar refractivity (Wildman–Crippen MR) is 51.0 cm³/mol. The summed E-state index contributed by atoms with van der Waals surface area (Å²) in [6.07, 6.45) is 0.649. The van der Waals surface area contributed by atoms with E-state index >= 15 is 0 Å². The van der Waals surface area contributed by atoms with Gasteiger partial charge in [0.15, 0.2) is 0 Å². The van der Waals surface area contributed by atoms with Crippen molar-refractivity contribution < 1.29 is 4.79 Å². The number of hydrogen-bond donors (Lipinski definition) is 2. The average Bonchev–Trinajstić information content (AvgIpc) is 1.77. The van der Waals surface area contributed by atoms with Crippen LogP contribution < -0.4 is 10.6 Å². The van der Waals surface area contributed by atoms with Crippen molar-refractivity contribution in [3.63, 3.8) is 0 Å². The van der Waals surface area contributed by atoms with Gasteiger partial charge in [0.2, 0.25) is 5.91 Å². The van der Waals surface area contributed by atoms with Crippen molar-refractivity contribution in [2.24, 2.45) is 5.92 Å². The van der Waals surface area contributed by atoms with E-state index < -0.39 is 0 Å². The van der Waals surface area contributed by atoms with E-state index in [4.69, 9.17) is 0 Å². The summed E-state index contributed by atoms with van der Waals surface area (Å²) in [6, 6.07) is 0.390. The fraction of sp³-hybridized carbons (Fsp3) is 0.889. The molecule has 72 valence electrons. The molecule has 2 N–H and O–H groups in total. The van der Waals surface area contributed by atoms with Crippen molar-refractivity contribution in [2.45, 2.75) is 33.7 Å². The van der Waals surface area contributed by atoms with Gasteiger partial charge in [-0.2, -0.15) is 0 Å². The van der Waals surface area contributed by atoms with Crippen LogP contribution in [0.1, 0.15) is 27.7 Å². The number of carbonyl (C=O) groups is 1. The second-order valence-corrected chi connectivity index (χ2v) is 3.52. The summed E-state index contributed by atoms with van der Waals surface area (Å²) in [5.74, 6) is 0.648. The van der Waals surface area contributed by atoms with Crippen molar-refractivity contribution in [3.8, 4) is 0 Å². The van der Waals surface area contributed by atoms with Crippen LogP contribution >= 0.6 is 0 Å². The smallest absolute Gasteiger partial charge is 0.220 e. The molecule has 0 aliphatic carbocycles. The Morgan fingerprint density at radius 2 is 2.17 bits per heavy atom. The zero-order valence-corrected chi connectivity index (χ0v) is 7.18. The molecule has 1 amide bonds. The summed E-state index contributed by atoms with van der Waals surface area (Å²) in [4.78, 5) is 11.1. The van der Waals surface area contributed by atoms with E-state index in [9.17, 15) is 4.79 Å². The van der Waals surface area contributed by atoms with Gasteiger partial charge in [-0.05, 0) is 5.92 Å². The molecule has 3 nitrogen and oxygen atoms in total. The third kappa shape index (κ3) is 3.72. The highest BCUT2D eigenvalue weighted by Crippen LogP contribution is 1.99. The Hall–Kier alpha value is -0.570. The zero-order chi connectivity index (χ0) is 8.27. The molecule has 0 atom stereocenters. The largest absolute Gasteiger partial charge is 0.351 e. The first-order chi connectivity index (χ1) is 5.18. The molecule has 0 saturated carbocycles. The van der Waals surface area contributed by atoms with Gasteiger partial charge >= 0.3 is 0 Å². The lowest BCUT2D eigenvalue weighted by Gasteiger charge is -2.28. The van der Waals surface area contributed by atoms with Gasteiger partial charge in [-0.3, -0.25) is 4.79 Å². The number of nitrogens with one attached hydrogen (secondary N) is 2. The lowest BCUT2D eigenvalue weighted by atomic mass is 10.1. The first-order valence-corrected chi connectivity index (χ1v) is 4.18. The van der Waals surface area contributed by atoms with E-state index in [-0.39, 0.29) is 13.3 Å². The molecule has 0 bridgehead atoms. The highest BCUT2D eigenvalue weighted by Gasteiger charge is 2.18. The van der Waals surface area contributed by atoms with Gasteiger partial charge in [-0.15, -0.1) is 0 Å². The minimum atomic E-state index is 0. The van der Waals surface area contributed by atoms with Gasteiger partial charge in [0.1, 0.15) is 0 Å². The quantitative estimate of drug-likeness (QED) is 0.660. The molecular formula is C9H20N2O. The molecular weight excluding hydrogens is 152 g/mol. The van der Waals surface area contributed by atoms with Gasteiger partial charge in [0, 0.05) is 19.5 Å². The van der Waals surface area contributed by atoms with Gasteiger partial charge in [0.05, 0.1) is 6.04 Å². The number of rotatable bonds is 3. The van der Waals surface area contributed by atoms with Crippen LogP contribution in [0.4, 0.5) is 0 Å². The minimum Gasteiger partial charge on any atom is -0.351 e. The van der Waals surface area contributed by atoms with Crippen LogP contribution in [-0.4, -0.2) is 25.0 Å². The normalized spacial score (nSPS) is 16.6. The Bertz CT molecular complexity index is 141. The number of hydrogen-bond acceptors (Lipinski definition) is 2.